The Hall–Kier alpha value is -2.84. The molecule has 0 radical (unpaired) electrons. The SMILES string of the molecule is COCc1nnn2c1COC1(CCN(C(=O)c3ccc4ccccc4n3)CC1)C2. The van der Waals surface area contributed by atoms with E-state index in [2.05, 4.69) is 15.3 Å². The van der Waals surface area contributed by atoms with Gasteiger partial charge in [0.2, 0.25) is 0 Å². The third-order valence-electron chi connectivity index (χ3n) is 5.93. The van der Waals surface area contributed by atoms with E-state index in [0.717, 1.165) is 35.1 Å². The summed E-state index contributed by atoms with van der Waals surface area (Å²) in [5, 5.41) is 9.52. The minimum absolute atomic E-state index is 0.0229. The molecule has 3 aromatic rings. The summed E-state index contributed by atoms with van der Waals surface area (Å²) in [4.78, 5) is 19.4. The number of carbonyl (C=O) groups excluding carboxylic acids is 1. The third kappa shape index (κ3) is 3.28. The molecule has 150 valence electrons. The summed E-state index contributed by atoms with van der Waals surface area (Å²) in [5.41, 5.74) is 2.85. The van der Waals surface area contributed by atoms with Crippen LogP contribution in [0.1, 0.15) is 34.7 Å². The van der Waals surface area contributed by atoms with Gasteiger partial charge in [0, 0.05) is 25.6 Å². The molecule has 29 heavy (non-hydrogen) atoms. The van der Waals surface area contributed by atoms with Crippen LogP contribution < -0.4 is 0 Å². The van der Waals surface area contributed by atoms with E-state index in [0.29, 0.717) is 38.5 Å². The van der Waals surface area contributed by atoms with E-state index >= 15 is 0 Å². The maximum Gasteiger partial charge on any atom is 0.272 e. The van der Waals surface area contributed by atoms with Crippen LogP contribution in [-0.2, 0) is 29.2 Å². The van der Waals surface area contributed by atoms with Gasteiger partial charge in [-0.05, 0) is 25.0 Å². The summed E-state index contributed by atoms with van der Waals surface area (Å²) in [5.74, 6) is -0.0229. The summed E-state index contributed by atoms with van der Waals surface area (Å²) in [6.07, 6.45) is 1.54. The van der Waals surface area contributed by atoms with E-state index in [-0.39, 0.29) is 11.5 Å². The highest BCUT2D eigenvalue weighted by molar-refractivity contribution is 5.95. The number of methoxy groups -OCH3 is 1. The molecule has 1 spiro atoms. The average molecular weight is 393 g/mol. The van der Waals surface area contributed by atoms with E-state index in [1.807, 2.05) is 46.0 Å². The van der Waals surface area contributed by atoms with Gasteiger partial charge in [0.15, 0.2) is 0 Å². The van der Waals surface area contributed by atoms with Crippen molar-refractivity contribution in [1.29, 1.82) is 0 Å². The average Bonchev–Trinajstić information content (AvgIpc) is 3.15. The van der Waals surface area contributed by atoms with Crippen LogP contribution in [0.4, 0.5) is 0 Å². The van der Waals surface area contributed by atoms with Crippen molar-refractivity contribution in [2.24, 2.45) is 0 Å². The fourth-order valence-corrected chi connectivity index (χ4v) is 4.21. The van der Waals surface area contributed by atoms with Crippen molar-refractivity contribution < 1.29 is 14.3 Å². The second kappa shape index (κ2) is 7.20. The van der Waals surface area contributed by atoms with Crippen LogP contribution in [0.15, 0.2) is 36.4 Å². The normalized spacial score (nSPS) is 18.2. The van der Waals surface area contributed by atoms with Crippen LogP contribution in [0.5, 0.6) is 0 Å². The quantitative estimate of drug-likeness (QED) is 0.678. The Morgan fingerprint density at radius 2 is 2.03 bits per heavy atom. The number of hydrogen-bond acceptors (Lipinski definition) is 6. The summed E-state index contributed by atoms with van der Waals surface area (Å²) < 4.78 is 13.4. The number of hydrogen-bond donors (Lipinski definition) is 0. The van der Waals surface area contributed by atoms with Crippen LogP contribution in [0.3, 0.4) is 0 Å². The van der Waals surface area contributed by atoms with Crippen molar-refractivity contribution >= 4 is 16.8 Å². The summed E-state index contributed by atoms with van der Waals surface area (Å²) in [7, 11) is 1.65. The number of aromatic nitrogens is 4. The molecule has 1 saturated heterocycles. The Bertz CT molecular complexity index is 1060. The van der Waals surface area contributed by atoms with Gasteiger partial charge >= 0.3 is 0 Å². The molecule has 0 bridgehead atoms. The molecule has 2 aliphatic rings. The van der Waals surface area contributed by atoms with Gasteiger partial charge in [0.25, 0.3) is 5.91 Å². The van der Waals surface area contributed by atoms with E-state index in [9.17, 15) is 4.79 Å². The van der Waals surface area contributed by atoms with Gasteiger partial charge in [-0.3, -0.25) is 4.79 Å². The maximum absolute atomic E-state index is 13.0. The number of pyridine rings is 1. The lowest BCUT2D eigenvalue weighted by Gasteiger charge is -2.43. The van der Waals surface area contributed by atoms with Crippen molar-refractivity contribution in [3.8, 4) is 0 Å². The fraction of sp³-hybridized carbons (Fsp3) is 0.429. The molecule has 0 saturated carbocycles. The third-order valence-corrected chi connectivity index (χ3v) is 5.93. The second-order valence-electron chi connectivity index (χ2n) is 7.73. The number of ether oxygens (including phenoxy) is 2. The van der Waals surface area contributed by atoms with Crippen molar-refractivity contribution in [2.45, 2.75) is 38.2 Å². The second-order valence-corrected chi connectivity index (χ2v) is 7.73. The van der Waals surface area contributed by atoms with Crippen LogP contribution in [0.2, 0.25) is 0 Å². The van der Waals surface area contributed by atoms with E-state index in [4.69, 9.17) is 9.47 Å². The van der Waals surface area contributed by atoms with Gasteiger partial charge in [-0.1, -0.05) is 29.5 Å². The Morgan fingerprint density at radius 3 is 2.86 bits per heavy atom. The zero-order valence-corrected chi connectivity index (χ0v) is 16.4. The van der Waals surface area contributed by atoms with Gasteiger partial charge in [0.1, 0.15) is 11.4 Å². The molecule has 8 heteroatoms. The van der Waals surface area contributed by atoms with E-state index in [1.165, 1.54) is 0 Å². The first-order valence-corrected chi connectivity index (χ1v) is 9.87. The van der Waals surface area contributed by atoms with Crippen molar-refractivity contribution in [2.75, 3.05) is 20.2 Å². The minimum atomic E-state index is -0.293. The highest BCUT2D eigenvalue weighted by Gasteiger charge is 2.41. The monoisotopic (exact) mass is 393 g/mol. The largest absolute Gasteiger partial charge is 0.378 e. The van der Waals surface area contributed by atoms with Crippen molar-refractivity contribution in [3.05, 3.63) is 53.5 Å². The Labute approximate surface area is 168 Å². The maximum atomic E-state index is 13.0. The number of fused-ring (bicyclic) bond motifs is 2. The number of nitrogens with zero attached hydrogens (tertiary/aromatic N) is 5. The van der Waals surface area contributed by atoms with Gasteiger partial charge < -0.3 is 14.4 Å². The molecule has 0 N–H and O–H groups in total. The first-order chi connectivity index (χ1) is 14.2. The molecule has 4 heterocycles. The lowest BCUT2D eigenvalue weighted by atomic mass is 9.89. The predicted octanol–water partition coefficient (Wildman–Crippen LogP) is 2.18. The topological polar surface area (TPSA) is 82.4 Å². The first kappa shape index (κ1) is 18.2. The molecular weight excluding hydrogens is 370 g/mol. The molecule has 5 rings (SSSR count). The summed E-state index contributed by atoms with van der Waals surface area (Å²) in [6.45, 7) is 2.86. The standard InChI is InChI=1S/C21H23N5O3/c1-28-12-18-19-13-29-21(14-26(19)24-23-18)8-10-25(11-9-21)20(27)17-7-6-15-4-2-3-5-16(15)22-17/h2-7H,8-14H2,1H3. The van der Waals surface area contributed by atoms with Crippen LogP contribution in [-0.4, -0.2) is 56.6 Å². The Balaban J connectivity index is 1.28. The summed E-state index contributed by atoms with van der Waals surface area (Å²) >= 11 is 0. The van der Waals surface area contributed by atoms with Crippen LogP contribution >= 0.6 is 0 Å². The molecule has 1 amide bonds. The molecule has 1 fully saturated rings. The van der Waals surface area contributed by atoms with Gasteiger partial charge in [0.05, 0.1) is 36.6 Å². The molecule has 1 aromatic carbocycles. The molecule has 8 nitrogen and oxygen atoms in total. The molecule has 2 aliphatic heterocycles. The first-order valence-electron chi connectivity index (χ1n) is 9.87. The zero-order valence-electron chi connectivity index (χ0n) is 16.4. The summed E-state index contributed by atoms with van der Waals surface area (Å²) in [6, 6.07) is 11.6. The molecule has 0 aliphatic carbocycles. The predicted molar refractivity (Wildman–Crippen MR) is 105 cm³/mol. The smallest absolute Gasteiger partial charge is 0.272 e. The molecular formula is C21H23N5O3. The molecule has 2 aromatic heterocycles. The molecule has 0 unspecified atom stereocenters. The highest BCUT2D eigenvalue weighted by Crippen LogP contribution is 2.34. The van der Waals surface area contributed by atoms with Gasteiger partial charge in [-0.25, -0.2) is 9.67 Å². The fourth-order valence-electron chi connectivity index (χ4n) is 4.21. The number of piperidine rings is 1. The van der Waals surface area contributed by atoms with Crippen LogP contribution in [0.25, 0.3) is 10.9 Å². The van der Waals surface area contributed by atoms with Gasteiger partial charge in [-0.15, -0.1) is 5.10 Å². The Morgan fingerprint density at radius 1 is 1.21 bits per heavy atom. The van der Waals surface area contributed by atoms with Gasteiger partial charge in [-0.2, -0.15) is 0 Å². The minimum Gasteiger partial charge on any atom is -0.378 e. The Kier molecular flexibility index (Phi) is 4.52. The number of para-hydroxylation sites is 1. The number of carbonyl (C=O) groups is 1. The lowest BCUT2D eigenvalue weighted by Crippen LogP contribution is -2.52. The highest BCUT2D eigenvalue weighted by atomic mass is 16.5. The van der Waals surface area contributed by atoms with Crippen molar-refractivity contribution in [3.63, 3.8) is 0 Å². The number of likely N-dealkylation sites (tertiary alicyclic amines) is 1. The van der Waals surface area contributed by atoms with Crippen molar-refractivity contribution in [1.82, 2.24) is 24.9 Å². The zero-order chi connectivity index (χ0) is 19.8. The number of rotatable bonds is 3. The lowest BCUT2D eigenvalue weighted by molar-refractivity contribution is -0.120. The molecule has 0 atom stereocenters. The number of amides is 1. The van der Waals surface area contributed by atoms with E-state index < -0.39 is 0 Å². The number of benzene rings is 1. The van der Waals surface area contributed by atoms with E-state index in [1.54, 1.807) is 7.11 Å². The van der Waals surface area contributed by atoms with Crippen LogP contribution in [0, 0.1) is 0 Å².